The van der Waals surface area contributed by atoms with Gasteiger partial charge in [-0.25, -0.2) is 4.98 Å². The third-order valence-electron chi connectivity index (χ3n) is 3.86. The zero-order valence-electron chi connectivity index (χ0n) is 13.4. The van der Waals surface area contributed by atoms with E-state index in [9.17, 15) is 0 Å². The van der Waals surface area contributed by atoms with E-state index >= 15 is 0 Å². The third-order valence-corrected chi connectivity index (χ3v) is 4.69. The van der Waals surface area contributed by atoms with Crippen LogP contribution in [-0.4, -0.2) is 35.6 Å². The molecule has 3 nitrogen and oxygen atoms in total. The minimum Gasteiger partial charge on any atom is -0.313 e. The maximum absolute atomic E-state index is 4.83. The average Bonchev–Trinajstić information content (AvgIpc) is 2.99. The van der Waals surface area contributed by atoms with E-state index in [0.717, 1.165) is 13.1 Å². The topological polar surface area (TPSA) is 28.2 Å². The number of nitrogens with zero attached hydrogens (tertiary/aromatic N) is 2. The molecule has 1 aliphatic heterocycles. The summed E-state index contributed by atoms with van der Waals surface area (Å²) >= 11 is 1.82. The molecule has 1 N–H and O–H groups in total. The Morgan fingerprint density at radius 2 is 2.25 bits per heavy atom. The third kappa shape index (κ3) is 4.54. The summed E-state index contributed by atoms with van der Waals surface area (Å²) < 4.78 is 0. The maximum Gasteiger partial charge on any atom is 0.107 e. The zero-order valence-corrected chi connectivity index (χ0v) is 14.2. The average molecular weight is 295 g/mol. The first-order valence-corrected chi connectivity index (χ1v) is 8.77. The second-order valence-electron chi connectivity index (χ2n) is 6.90. The van der Waals surface area contributed by atoms with Crippen molar-refractivity contribution in [3.05, 3.63) is 16.1 Å². The molecule has 2 rings (SSSR count). The molecule has 0 radical (unpaired) electrons. The normalized spacial score (nSPS) is 19.9. The summed E-state index contributed by atoms with van der Waals surface area (Å²) in [4.78, 5) is 7.40. The SMILES string of the molecule is CCCN(Cc1nc(C(C)(C)C)cs1)CC1CCCN1. The van der Waals surface area contributed by atoms with E-state index in [0.29, 0.717) is 6.04 Å². The molecule has 0 aromatic carbocycles. The summed E-state index contributed by atoms with van der Waals surface area (Å²) in [5.74, 6) is 0. The first kappa shape index (κ1) is 15.9. The van der Waals surface area contributed by atoms with E-state index in [1.165, 1.54) is 43.1 Å². The van der Waals surface area contributed by atoms with E-state index < -0.39 is 0 Å². The second kappa shape index (κ2) is 7.01. The van der Waals surface area contributed by atoms with Crippen LogP contribution in [0.4, 0.5) is 0 Å². The van der Waals surface area contributed by atoms with Crippen LogP contribution < -0.4 is 5.32 Å². The number of thiazole rings is 1. The molecular weight excluding hydrogens is 266 g/mol. The van der Waals surface area contributed by atoms with Crippen LogP contribution in [-0.2, 0) is 12.0 Å². The molecule has 0 aliphatic carbocycles. The van der Waals surface area contributed by atoms with Crippen molar-refractivity contribution in [2.24, 2.45) is 0 Å². The molecule has 114 valence electrons. The zero-order chi connectivity index (χ0) is 14.6. The van der Waals surface area contributed by atoms with Gasteiger partial charge in [0.05, 0.1) is 12.2 Å². The lowest BCUT2D eigenvalue weighted by atomic mass is 9.93. The summed E-state index contributed by atoms with van der Waals surface area (Å²) in [6.45, 7) is 13.5. The van der Waals surface area contributed by atoms with Gasteiger partial charge in [0.25, 0.3) is 0 Å². The molecule has 1 aromatic rings. The molecule has 0 bridgehead atoms. The molecule has 0 saturated carbocycles. The van der Waals surface area contributed by atoms with E-state index in [2.05, 4.69) is 43.3 Å². The predicted molar refractivity (Wildman–Crippen MR) is 87.4 cm³/mol. The fourth-order valence-corrected chi connectivity index (χ4v) is 3.76. The van der Waals surface area contributed by atoms with Gasteiger partial charge in [-0.15, -0.1) is 11.3 Å². The Labute approximate surface area is 127 Å². The van der Waals surface area contributed by atoms with Gasteiger partial charge in [-0.2, -0.15) is 0 Å². The summed E-state index contributed by atoms with van der Waals surface area (Å²) in [6, 6.07) is 0.684. The lowest BCUT2D eigenvalue weighted by Crippen LogP contribution is -2.37. The van der Waals surface area contributed by atoms with Crippen molar-refractivity contribution in [2.75, 3.05) is 19.6 Å². The van der Waals surface area contributed by atoms with E-state index in [-0.39, 0.29) is 5.41 Å². The molecule has 1 fully saturated rings. The van der Waals surface area contributed by atoms with Crippen LogP contribution in [0.25, 0.3) is 0 Å². The number of aromatic nitrogens is 1. The van der Waals surface area contributed by atoms with Crippen LogP contribution in [0.15, 0.2) is 5.38 Å². The highest BCUT2D eigenvalue weighted by Crippen LogP contribution is 2.24. The van der Waals surface area contributed by atoms with Gasteiger partial charge in [-0.05, 0) is 32.4 Å². The molecular formula is C16H29N3S. The van der Waals surface area contributed by atoms with E-state index in [1.807, 2.05) is 11.3 Å². The Morgan fingerprint density at radius 1 is 1.45 bits per heavy atom. The molecule has 0 spiro atoms. The molecule has 1 atom stereocenters. The Bertz CT molecular complexity index is 402. The Kier molecular flexibility index (Phi) is 5.58. The maximum atomic E-state index is 4.83. The summed E-state index contributed by atoms with van der Waals surface area (Å²) in [7, 11) is 0. The van der Waals surface area contributed by atoms with Gasteiger partial charge in [-0.3, -0.25) is 4.90 Å². The van der Waals surface area contributed by atoms with Crippen molar-refractivity contribution >= 4 is 11.3 Å². The predicted octanol–water partition coefficient (Wildman–Crippen LogP) is 3.40. The van der Waals surface area contributed by atoms with Gasteiger partial charge in [-0.1, -0.05) is 27.7 Å². The van der Waals surface area contributed by atoms with Crippen LogP contribution in [0.3, 0.4) is 0 Å². The van der Waals surface area contributed by atoms with Crippen molar-refractivity contribution in [3.63, 3.8) is 0 Å². The molecule has 1 aliphatic rings. The summed E-state index contributed by atoms with van der Waals surface area (Å²) in [6.07, 6.45) is 3.87. The van der Waals surface area contributed by atoms with Gasteiger partial charge in [0.1, 0.15) is 5.01 Å². The lowest BCUT2D eigenvalue weighted by Gasteiger charge is -2.24. The van der Waals surface area contributed by atoms with Crippen LogP contribution >= 0.6 is 11.3 Å². The van der Waals surface area contributed by atoms with Gasteiger partial charge >= 0.3 is 0 Å². The van der Waals surface area contributed by atoms with Gasteiger partial charge in [0.2, 0.25) is 0 Å². The highest BCUT2D eigenvalue weighted by Gasteiger charge is 2.20. The van der Waals surface area contributed by atoms with Crippen molar-refractivity contribution in [2.45, 2.75) is 65.0 Å². The fraction of sp³-hybridized carbons (Fsp3) is 0.812. The standard InChI is InChI=1S/C16H29N3S/c1-5-9-19(10-13-7-6-8-17-13)11-15-18-14(12-20-15)16(2,3)4/h12-13,17H,5-11H2,1-4H3. The highest BCUT2D eigenvalue weighted by atomic mass is 32.1. The largest absolute Gasteiger partial charge is 0.313 e. The highest BCUT2D eigenvalue weighted by molar-refractivity contribution is 7.09. The lowest BCUT2D eigenvalue weighted by molar-refractivity contribution is 0.241. The molecule has 0 amide bonds. The Balaban J connectivity index is 1.94. The number of rotatable bonds is 6. The molecule has 1 aromatic heterocycles. The fourth-order valence-electron chi connectivity index (χ4n) is 2.69. The second-order valence-corrected chi connectivity index (χ2v) is 7.85. The van der Waals surface area contributed by atoms with Crippen LogP contribution in [0.5, 0.6) is 0 Å². The minimum absolute atomic E-state index is 0.164. The van der Waals surface area contributed by atoms with Gasteiger partial charge < -0.3 is 5.32 Å². The number of nitrogens with one attached hydrogen (secondary N) is 1. The smallest absolute Gasteiger partial charge is 0.107 e. The number of hydrogen-bond donors (Lipinski definition) is 1. The summed E-state index contributed by atoms with van der Waals surface area (Å²) in [5, 5.41) is 7.10. The molecule has 2 heterocycles. The van der Waals surface area contributed by atoms with E-state index in [4.69, 9.17) is 4.98 Å². The van der Waals surface area contributed by atoms with Crippen molar-refractivity contribution in [3.8, 4) is 0 Å². The first-order chi connectivity index (χ1) is 9.49. The minimum atomic E-state index is 0.164. The van der Waals surface area contributed by atoms with Crippen molar-refractivity contribution in [1.82, 2.24) is 15.2 Å². The van der Waals surface area contributed by atoms with Gasteiger partial charge in [0, 0.05) is 23.4 Å². The van der Waals surface area contributed by atoms with Crippen molar-refractivity contribution < 1.29 is 0 Å². The summed E-state index contributed by atoms with van der Waals surface area (Å²) in [5.41, 5.74) is 1.39. The van der Waals surface area contributed by atoms with Crippen LogP contribution in [0.2, 0.25) is 0 Å². The van der Waals surface area contributed by atoms with Crippen LogP contribution in [0.1, 0.15) is 57.7 Å². The number of hydrogen-bond acceptors (Lipinski definition) is 4. The van der Waals surface area contributed by atoms with Gasteiger partial charge in [0.15, 0.2) is 0 Å². The molecule has 4 heteroatoms. The monoisotopic (exact) mass is 295 g/mol. The van der Waals surface area contributed by atoms with E-state index in [1.54, 1.807) is 0 Å². The van der Waals surface area contributed by atoms with Crippen LogP contribution in [0, 0.1) is 0 Å². The first-order valence-electron chi connectivity index (χ1n) is 7.89. The molecule has 1 saturated heterocycles. The Hall–Kier alpha value is -0.450. The Morgan fingerprint density at radius 3 is 2.80 bits per heavy atom. The molecule has 1 unspecified atom stereocenters. The quantitative estimate of drug-likeness (QED) is 0.872. The van der Waals surface area contributed by atoms with Crippen molar-refractivity contribution in [1.29, 1.82) is 0 Å². The molecule has 20 heavy (non-hydrogen) atoms.